The van der Waals surface area contributed by atoms with E-state index >= 15 is 0 Å². The normalized spacial score (nSPS) is 18.1. The lowest BCUT2D eigenvalue weighted by atomic mass is 10.1. The number of carbonyl (C=O) groups is 3. The van der Waals surface area contributed by atoms with Crippen molar-refractivity contribution >= 4 is 35.0 Å². The van der Waals surface area contributed by atoms with E-state index < -0.39 is 48.3 Å². The maximum atomic E-state index is 12.9. The fourth-order valence-corrected chi connectivity index (χ4v) is 2.61. The molecule has 7 nitrogen and oxygen atoms in total. The molecule has 166 valence electrons. The van der Waals surface area contributed by atoms with Crippen LogP contribution in [0, 0.1) is 5.92 Å². The van der Waals surface area contributed by atoms with E-state index in [9.17, 15) is 36.3 Å². The Balaban J connectivity index is 2.01. The summed E-state index contributed by atoms with van der Waals surface area (Å²) in [5, 5.41) is 3.96. The van der Waals surface area contributed by atoms with Gasteiger partial charge in [0.15, 0.2) is 0 Å². The van der Waals surface area contributed by atoms with Crippen molar-refractivity contribution in [2.45, 2.75) is 25.1 Å². The molecule has 0 bridgehead atoms. The van der Waals surface area contributed by atoms with Crippen molar-refractivity contribution in [1.29, 1.82) is 0 Å². The van der Waals surface area contributed by atoms with Gasteiger partial charge in [-0.25, -0.2) is 0 Å². The molecule has 0 aliphatic carbocycles. The first-order valence-corrected chi connectivity index (χ1v) is 8.85. The van der Waals surface area contributed by atoms with Gasteiger partial charge in [0.2, 0.25) is 11.8 Å². The van der Waals surface area contributed by atoms with Crippen molar-refractivity contribution < 1.29 is 41.1 Å². The lowest BCUT2D eigenvalue weighted by molar-refractivity contribution is -0.278. The van der Waals surface area contributed by atoms with Gasteiger partial charge < -0.3 is 20.3 Å². The number of fused-ring (bicyclic) bond motifs is 1. The Morgan fingerprint density at radius 2 is 1.90 bits per heavy atom. The van der Waals surface area contributed by atoms with Gasteiger partial charge in [-0.3, -0.25) is 14.4 Å². The number of benzene rings is 1. The molecule has 1 aliphatic rings. The number of halogens is 6. The highest BCUT2D eigenvalue weighted by Crippen LogP contribution is 2.35. The number of ether oxygens (including phenoxy) is 1. The molecule has 0 saturated carbocycles. The lowest BCUT2D eigenvalue weighted by Crippen LogP contribution is -2.53. The Morgan fingerprint density at radius 3 is 2.50 bits per heavy atom. The number of likely N-dealkylation sites (N-methyl/N-ethyl adjacent to an activating group) is 1. The molecular weight excluding hydrogens is 441 g/mol. The van der Waals surface area contributed by atoms with Gasteiger partial charge in [0.05, 0.1) is 12.2 Å². The Labute approximate surface area is 172 Å². The topological polar surface area (TPSA) is 87.7 Å². The van der Waals surface area contributed by atoms with Crippen LogP contribution < -0.4 is 20.3 Å². The van der Waals surface area contributed by atoms with Crippen molar-refractivity contribution in [2.24, 2.45) is 5.92 Å². The molecule has 1 aliphatic heterocycles. The zero-order chi connectivity index (χ0) is 22.9. The molecule has 1 heterocycles. The molecule has 0 fully saturated rings. The summed E-state index contributed by atoms with van der Waals surface area (Å²) in [6.07, 6.45) is -5.85. The largest absolute Gasteiger partial charge is 0.489 e. The number of amides is 3. The van der Waals surface area contributed by atoms with Gasteiger partial charge in [-0.15, -0.1) is 0 Å². The number of nitrogens with one attached hydrogen (secondary N) is 2. The Kier molecular flexibility index (Phi) is 6.80. The van der Waals surface area contributed by atoms with Crippen molar-refractivity contribution in [3.63, 3.8) is 0 Å². The van der Waals surface area contributed by atoms with Crippen molar-refractivity contribution in [3.05, 3.63) is 23.2 Å². The quantitative estimate of drug-likeness (QED) is 0.524. The van der Waals surface area contributed by atoms with Gasteiger partial charge in [0, 0.05) is 12.1 Å². The summed E-state index contributed by atoms with van der Waals surface area (Å²) < 4.78 is 67.8. The second-order valence-electron chi connectivity index (χ2n) is 6.52. The predicted octanol–water partition coefficient (Wildman–Crippen LogP) is 2.13. The van der Waals surface area contributed by atoms with Crippen LogP contribution in [0.25, 0.3) is 0 Å². The molecule has 1 aromatic rings. The lowest BCUT2D eigenvalue weighted by Gasteiger charge is -2.23. The fourth-order valence-electron chi connectivity index (χ4n) is 2.44. The van der Waals surface area contributed by atoms with E-state index in [4.69, 9.17) is 16.3 Å². The van der Waals surface area contributed by atoms with Crippen LogP contribution in [0.3, 0.4) is 0 Å². The molecule has 30 heavy (non-hydrogen) atoms. The molecule has 0 radical (unpaired) electrons. The maximum absolute atomic E-state index is 12.9. The highest BCUT2D eigenvalue weighted by Gasteiger charge is 2.57. The number of alkyl halides is 5. The van der Waals surface area contributed by atoms with E-state index in [0.717, 1.165) is 6.92 Å². The average molecular weight is 458 g/mol. The number of rotatable bonds is 5. The average Bonchev–Trinajstić information content (AvgIpc) is 2.77. The van der Waals surface area contributed by atoms with Gasteiger partial charge in [-0.1, -0.05) is 11.6 Å². The van der Waals surface area contributed by atoms with Crippen LogP contribution in [0.5, 0.6) is 5.75 Å². The summed E-state index contributed by atoms with van der Waals surface area (Å²) in [6.45, 7) is -1.32. The van der Waals surface area contributed by atoms with Gasteiger partial charge in [-0.2, -0.15) is 22.0 Å². The second kappa shape index (κ2) is 8.62. The van der Waals surface area contributed by atoms with Gasteiger partial charge in [0.25, 0.3) is 5.91 Å². The van der Waals surface area contributed by atoms with Gasteiger partial charge in [-0.05, 0) is 25.1 Å². The SMILES string of the molecule is CC(C(=O)NCC(F)(F)C(F)(F)F)C(=O)N[C@H]1COc2ccc(Cl)cc2N(C)C1=O. The molecule has 2 atom stereocenters. The van der Waals surface area contributed by atoms with Crippen molar-refractivity contribution in [3.8, 4) is 5.75 Å². The first kappa shape index (κ1) is 23.6. The van der Waals surface area contributed by atoms with Crippen molar-refractivity contribution in [2.75, 3.05) is 25.1 Å². The van der Waals surface area contributed by atoms with Crippen LogP contribution >= 0.6 is 11.6 Å². The van der Waals surface area contributed by atoms with E-state index in [0.29, 0.717) is 16.5 Å². The van der Waals surface area contributed by atoms with E-state index in [1.807, 2.05) is 0 Å². The predicted molar refractivity (Wildman–Crippen MR) is 95.5 cm³/mol. The zero-order valence-corrected chi connectivity index (χ0v) is 16.4. The Morgan fingerprint density at radius 1 is 1.27 bits per heavy atom. The molecule has 1 unspecified atom stereocenters. The molecule has 2 rings (SSSR count). The third kappa shape index (κ3) is 5.10. The summed E-state index contributed by atoms with van der Waals surface area (Å²) in [5.74, 6) is -9.51. The monoisotopic (exact) mass is 457 g/mol. The highest BCUT2D eigenvalue weighted by atomic mass is 35.5. The Hall–Kier alpha value is -2.63. The minimum absolute atomic E-state index is 0.302. The van der Waals surface area contributed by atoms with Crippen LogP contribution in [-0.2, 0) is 14.4 Å². The summed E-state index contributed by atoms with van der Waals surface area (Å²) in [6, 6.07) is 3.28. The van der Waals surface area contributed by atoms with Crippen LogP contribution in [0.1, 0.15) is 6.92 Å². The first-order chi connectivity index (χ1) is 13.7. The standard InChI is InChI=1S/C17H17ClF5N3O4/c1-8(13(27)24-7-16(19,20)17(21,22)23)14(28)25-10-6-30-12-4-3-9(18)5-11(12)26(2)15(10)29/h3-5,8,10H,6-7H2,1-2H3,(H,24,27)(H,25,28)/t8?,10-/m0/s1. The van der Waals surface area contributed by atoms with E-state index in [2.05, 4.69) is 5.32 Å². The summed E-state index contributed by atoms with van der Waals surface area (Å²) in [7, 11) is 1.40. The van der Waals surface area contributed by atoms with Crippen molar-refractivity contribution in [1.82, 2.24) is 10.6 Å². The summed E-state index contributed by atoms with van der Waals surface area (Å²) >= 11 is 5.90. The smallest absolute Gasteiger partial charge is 0.455 e. The molecule has 0 spiro atoms. The minimum atomic E-state index is -5.85. The third-order valence-corrected chi connectivity index (χ3v) is 4.55. The van der Waals surface area contributed by atoms with Crippen LogP contribution in [0.4, 0.5) is 27.6 Å². The summed E-state index contributed by atoms with van der Waals surface area (Å²) in [4.78, 5) is 37.8. The Bertz CT molecular complexity index is 849. The number of hydrogen-bond acceptors (Lipinski definition) is 4. The molecule has 1 aromatic carbocycles. The highest BCUT2D eigenvalue weighted by molar-refractivity contribution is 6.31. The molecule has 13 heteroatoms. The maximum Gasteiger partial charge on any atom is 0.455 e. The molecular formula is C17H17ClF5N3O4. The fraction of sp³-hybridized carbons (Fsp3) is 0.471. The molecule has 3 amide bonds. The molecule has 2 N–H and O–H groups in total. The number of anilines is 1. The second-order valence-corrected chi connectivity index (χ2v) is 6.96. The van der Waals surface area contributed by atoms with E-state index in [-0.39, 0.29) is 6.61 Å². The van der Waals surface area contributed by atoms with Crippen LogP contribution in [0.15, 0.2) is 18.2 Å². The van der Waals surface area contributed by atoms with Crippen LogP contribution in [-0.4, -0.2) is 56.1 Å². The van der Waals surface area contributed by atoms with E-state index in [1.165, 1.54) is 35.5 Å². The van der Waals surface area contributed by atoms with Gasteiger partial charge >= 0.3 is 12.1 Å². The molecule has 0 saturated heterocycles. The molecule has 0 aromatic heterocycles. The third-order valence-electron chi connectivity index (χ3n) is 4.32. The number of nitrogens with zero attached hydrogens (tertiary/aromatic N) is 1. The van der Waals surface area contributed by atoms with Gasteiger partial charge in [0.1, 0.15) is 24.3 Å². The zero-order valence-electron chi connectivity index (χ0n) is 15.6. The van der Waals surface area contributed by atoms with E-state index in [1.54, 1.807) is 0 Å². The van der Waals surface area contributed by atoms with Crippen LogP contribution in [0.2, 0.25) is 5.02 Å². The first-order valence-electron chi connectivity index (χ1n) is 8.47. The summed E-state index contributed by atoms with van der Waals surface area (Å²) in [5.41, 5.74) is 0.337. The number of carbonyl (C=O) groups excluding carboxylic acids is 3. The minimum Gasteiger partial charge on any atom is -0.489 e. The number of hydrogen-bond donors (Lipinski definition) is 2.